The van der Waals surface area contributed by atoms with Crippen molar-refractivity contribution >= 4 is 11.4 Å². The predicted octanol–water partition coefficient (Wildman–Crippen LogP) is 2.81. The lowest BCUT2D eigenvalue weighted by Crippen LogP contribution is -1.82. The lowest BCUT2D eigenvalue weighted by molar-refractivity contribution is 0.415. The van der Waals surface area contributed by atoms with Crippen LogP contribution in [0.5, 0.6) is 5.75 Å². The lowest BCUT2D eigenvalue weighted by Gasteiger charge is -1.99. The van der Waals surface area contributed by atoms with Crippen LogP contribution < -0.4 is 4.74 Å². The van der Waals surface area contributed by atoms with Crippen molar-refractivity contribution in [3.05, 3.63) is 24.3 Å². The molecule has 0 aliphatic rings. The van der Waals surface area contributed by atoms with Crippen LogP contribution in [0.25, 0.3) is 0 Å². The molecule has 0 saturated carbocycles. The van der Waals surface area contributed by atoms with Gasteiger partial charge in [0.25, 0.3) is 0 Å². The van der Waals surface area contributed by atoms with E-state index in [0.29, 0.717) is 0 Å². The van der Waals surface area contributed by atoms with Gasteiger partial charge in [-0.1, -0.05) is 6.07 Å². The number of benzene rings is 1. The van der Waals surface area contributed by atoms with Crippen molar-refractivity contribution in [2.24, 2.45) is 4.99 Å². The summed E-state index contributed by atoms with van der Waals surface area (Å²) in [6.07, 6.45) is 0. The third kappa shape index (κ3) is 2.38. The first-order valence-electron chi connectivity index (χ1n) is 3.88. The van der Waals surface area contributed by atoms with Gasteiger partial charge in [-0.25, -0.2) is 0 Å². The van der Waals surface area contributed by atoms with Gasteiger partial charge in [0.1, 0.15) is 5.75 Å². The molecule has 1 aromatic carbocycles. The molecular formula is C10H13NO. The van der Waals surface area contributed by atoms with Crippen LogP contribution in [0.1, 0.15) is 13.8 Å². The first-order chi connectivity index (χ1) is 5.72. The summed E-state index contributed by atoms with van der Waals surface area (Å²) in [4.78, 5) is 4.30. The molecule has 64 valence electrons. The fourth-order valence-electron chi connectivity index (χ4n) is 0.938. The third-order valence-electron chi connectivity index (χ3n) is 1.41. The van der Waals surface area contributed by atoms with E-state index in [1.165, 1.54) is 0 Å². The van der Waals surface area contributed by atoms with E-state index in [0.717, 1.165) is 17.1 Å². The summed E-state index contributed by atoms with van der Waals surface area (Å²) in [5, 5.41) is 0. The van der Waals surface area contributed by atoms with Crippen molar-refractivity contribution in [2.75, 3.05) is 7.11 Å². The lowest BCUT2D eigenvalue weighted by atomic mass is 10.3. The fraction of sp³-hybridized carbons (Fsp3) is 0.300. The van der Waals surface area contributed by atoms with Gasteiger partial charge in [0.05, 0.1) is 12.8 Å². The summed E-state index contributed by atoms with van der Waals surface area (Å²) in [5.41, 5.74) is 1.98. The van der Waals surface area contributed by atoms with E-state index in [4.69, 9.17) is 4.74 Å². The first kappa shape index (κ1) is 8.78. The van der Waals surface area contributed by atoms with E-state index in [9.17, 15) is 0 Å². The molecule has 0 bridgehead atoms. The zero-order valence-electron chi connectivity index (χ0n) is 7.66. The minimum atomic E-state index is 0.845. The molecule has 0 spiro atoms. The molecule has 0 aliphatic heterocycles. The average Bonchev–Trinajstić information content (AvgIpc) is 2.03. The van der Waals surface area contributed by atoms with Crippen LogP contribution in [0.4, 0.5) is 5.69 Å². The van der Waals surface area contributed by atoms with Crippen LogP contribution in [0.15, 0.2) is 29.3 Å². The second kappa shape index (κ2) is 3.90. The Bertz CT molecular complexity index is 288. The maximum absolute atomic E-state index is 5.07. The van der Waals surface area contributed by atoms with Gasteiger partial charge in [-0.3, -0.25) is 4.99 Å². The van der Waals surface area contributed by atoms with E-state index in [2.05, 4.69) is 4.99 Å². The average molecular weight is 163 g/mol. The van der Waals surface area contributed by atoms with Crippen LogP contribution in [-0.4, -0.2) is 12.8 Å². The number of ether oxygens (including phenoxy) is 1. The number of hydrogen-bond acceptors (Lipinski definition) is 2. The summed E-state index contributed by atoms with van der Waals surface area (Å²) in [7, 11) is 1.65. The van der Waals surface area contributed by atoms with Gasteiger partial charge in [-0.05, 0) is 26.0 Å². The van der Waals surface area contributed by atoms with E-state index in [1.54, 1.807) is 7.11 Å². The smallest absolute Gasteiger partial charge is 0.121 e. The van der Waals surface area contributed by atoms with Crippen molar-refractivity contribution in [1.82, 2.24) is 0 Å². The maximum Gasteiger partial charge on any atom is 0.121 e. The Kier molecular flexibility index (Phi) is 2.86. The Labute approximate surface area is 72.9 Å². The van der Waals surface area contributed by atoms with Gasteiger partial charge in [0.15, 0.2) is 0 Å². The van der Waals surface area contributed by atoms with Crippen molar-refractivity contribution in [2.45, 2.75) is 13.8 Å². The number of hydrogen-bond donors (Lipinski definition) is 0. The highest BCUT2D eigenvalue weighted by Gasteiger charge is 1.92. The third-order valence-corrected chi connectivity index (χ3v) is 1.41. The largest absolute Gasteiger partial charge is 0.497 e. The van der Waals surface area contributed by atoms with Crippen molar-refractivity contribution in [3.63, 3.8) is 0 Å². The Morgan fingerprint density at radius 2 is 2.08 bits per heavy atom. The molecule has 0 aliphatic carbocycles. The number of methoxy groups -OCH3 is 1. The van der Waals surface area contributed by atoms with Gasteiger partial charge in [0.2, 0.25) is 0 Å². The van der Waals surface area contributed by atoms with Gasteiger partial charge < -0.3 is 4.74 Å². The monoisotopic (exact) mass is 163 g/mol. The summed E-state index contributed by atoms with van der Waals surface area (Å²) in [6.45, 7) is 3.94. The summed E-state index contributed by atoms with van der Waals surface area (Å²) in [6, 6.07) is 7.70. The molecule has 0 radical (unpaired) electrons. The molecule has 1 rings (SSSR count). The quantitative estimate of drug-likeness (QED) is 0.614. The zero-order chi connectivity index (χ0) is 8.97. The molecule has 0 unspecified atom stereocenters. The molecule has 0 amide bonds. The molecule has 0 fully saturated rings. The van der Waals surface area contributed by atoms with Crippen LogP contribution >= 0.6 is 0 Å². The molecule has 0 saturated heterocycles. The van der Waals surface area contributed by atoms with E-state index < -0.39 is 0 Å². The number of aliphatic imine (C=N–C) groups is 1. The second-order valence-corrected chi connectivity index (χ2v) is 2.76. The Morgan fingerprint density at radius 1 is 1.33 bits per heavy atom. The SMILES string of the molecule is COc1cccc(N=C(C)C)c1. The molecule has 12 heavy (non-hydrogen) atoms. The Hall–Kier alpha value is -1.31. The van der Waals surface area contributed by atoms with Crippen molar-refractivity contribution < 1.29 is 4.74 Å². The summed E-state index contributed by atoms with van der Waals surface area (Å²) < 4.78 is 5.07. The topological polar surface area (TPSA) is 21.6 Å². The second-order valence-electron chi connectivity index (χ2n) is 2.76. The molecular weight excluding hydrogens is 150 g/mol. The van der Waals surface area contributed by atoms with Gasteiger partial charge in [-0.15, -0.1) is 0 Å². The van der Waals surface area contributed by atoms with E-state index in [-0.39, 0.29) is 0 Å². The molecule has 2 nitrogen and oxygen atoms in total. The van der Waals surface area contributed by atoms with Gasteiger partial charge in [0, 0.05) is 11.8 Å². The number of rotatable bonds is 2. The molecule has 0 aromatic heterocycles. The molecule has 1 aromatic rings. The predicted molar refractivity (Wildman–Crippen MR) is 51.4 cm³/mol. The van der Waals surface area contributed by atoms with Gasteiger partial charge >= 0.3 is 0 Å². The standard InChI is InChI=1S/C10H13NO/c1-8(2)11-9-5-4-6-10(7-9)12-3/h4-7H,1-3H3. The molecule has 0 atom stereocenters. The normalized spacial score (nSPS) is 9.25. The molecule has 0 heterocycles. The van der Waals surface area contributed by atoms with Crippen LogP contribution in [0.2, 0.25) is 0 Å². The van der Waals surface area contributed by atoms with Crippen molar-refractivity contribution in [3.8, 4) is 5.75 Å². The molecule has 0 N–H and O–H groups in total. The summed E-state index contributed by atoms with van der Waals surface area (Å²) >= 11 is 0. The Morgan fingerprint density at radius 3 is 2.67 bits per heavy atom. The van der Waals surface area contributed by atoms with Crippen LogP contribution in [0, 0.1) is 0 Å². The van der Waals surface area contributed by atoms with E-state index in [1.807, 2.05) is 38.1 Å². The van der Waals surface area contributed by atoms with Gasteiger partial charge in [-0.2, -0.15) is 0 Å². The summed E-state index contributed by atoms with van der Waals surface area (Å²) in [5.74, 6) is 0.845. The highest BCUT2D eigenvalue weighted by molar-refractivity contribution is 5.82. The number of nitrogens with zero attached hydrogens (tertiary/aromatic N) is 1. The first-order valence-corrected chi connectivity index (χ1v) is 3.88. The zero-order valence-corrected chi connectivity index (χ0v) is 7.66. The minimum absolute atomic E-state index is 0.845. The highest BCUT2D eigenvalue weighted by Crippen LogP contribution is 2.19. The minimum Gasteiger partial charge on any atom is -0.497 e. The fourth-order valence-corrected chi connectivity index (χ4v) is 0.938. The van der Waals surface area contributed by atoms with E-state index >= 15 is 0 Å². The van der Waals surface area contributed by atoms with Crippen LogP contribution in [0.3, 0.4) is 0 Å². The highest BCUT2D eigenvalue weighted by atomic mass is 16.5. The van der Waals surface area contributed by atoms with Crippen LogP contribution in [-0.2, 0) is 0 Å². The Balaban J connectivity index is 2.94. The molecule has 2 heteroatoms. The maximum atomic E-state index is 5.07. The van der Waals surface area contributed by atoms with Crippen molar-refractivity contribution in [1.29, 1.82) is 0 Å².